The van der Waals surface area contributed by atoms with E-state index in [4.69, 9.17) is 14.2 Å². The number of nitrogens with zero attached hydrogens (tertiary/aromatic N) is 1. The molecule has 28 heavy (non-hydrogen) atoms. The molecule has 6 rings (SSSR count). The molecule has 4 aliphatic heterocycles. The molecule has 0 unspecified atom stereocenters. The molecule has 6 atom stereocenters. The summed E-state index contributed by atoms with van der Waals surface area (Å²) in [5.74, 6) is -0.353. The number of carbonyl (C=O) groups excluding carboxylic acids is 1. The van der Waals surface area contributed by atoms with Crippen molar-refractivity contribution in [3.8, 4) is 0 Å². The van der Waals surface area contributed by atoms with Crippen molar-refractivity contribution in [3.05, 3.63) is 42.0 Å². The van der Waals surface area contributed by atoms with E-state index in [1.165, 1.54) is 12.7 Å². The third kappa shape index (κ3) is 1.42. The minimum atomic E-state index is -1.21. The number of rotatable bonds is 2. The molecule has 3 fully saturated rings. The fourth-order valence-corrected chi connectivity index (χ4v) is 7.55. The van der Waals surface area contributed by atoms with Crippen molar-refractivity contribution in [1.29, 1.82) is 0 Å². The minimum Gasteiger partial charge on any atom is -0.467 e. The molecular formula is C22H26N2O4. The lowest BCUT2D eigenvalue weighted by Gasteiger charge is -2.60. The van der Waals surface area contributed by atoms with Crippen molar-refractivity contribution in [2.45, 2.75) is 48.7 Å². The number of nitrogens with one attached hydrogen (secondary N) is 1. The van der Waals surface area contributed by atoms with Crippen LogP contribution in [0.1, 0.15) is 25.3 Å². The summed E-state index contributed by atoms with van der Waals surface area (Å²) in [7, 11) is 3.14. The smallest absolute Gasteiger partial charge is 0.343 e. The zero-order valence-electron chi connectivity index (χ0n) is 16.5. The molecule has 1 aliphatic carbocycles. The molecule has 0 radical (unpaired) electrons. The highest BCUT2D eigenvalue weighted by atomic mass is 16.6. The minimum absolute atomic E-state index is 0.114. The molecule has 2 spiro atoms. The lowest BCUT2D eigenvalue weighted by atomic mass is 9.49. The summed E-state index contributed by atoms with van der Waals surface area (Å²) in [5, 5.41) is 3.65. The molecule has 148 valence electrons. The highest BCUT2D eigenvalue weighted by molar-refractivity contribution is 5.87. The molecule has 1 aromatic carbocycles. The van der Waals surface area contributed by atoms with E-state index in [-0.39, 0.29) is 28.9 Å². The van der Waals surface area contributed by atoms with Crippen molar-refractivity contribution in [3.63, 3.8) is 0 Å². The second-order valence-corrected chi connectivity index (χ2v) is 8.94. The molecule has 6 nitrogen and oxygen atoms in total. The average Bonchev–Trinajstić information content (AvgIpc) is 3.34. The third-order valence-corrected chi connectivity index (χ3v) is 8.33. The predicted octanol–water partition coefficient (Wildman–Crippen LogP) is 2.06. The van der Waals surface area contributed by atoms with Crippen LogP contribution in [0.3, 0.4) is 0 Å². The van der Waals surface area contributed by atoms with Crippen molar-refractivity contribution < 1.29 is 19.0 Å². The van der Waals surface area contributed by atoms with Gasteiger partial charge in [0.1, 0.15) is 0 Å². The Morgan fingerprint density at radius 3 is 2.93 bits per heavy atom. The number of ether oxygens (including phenoxy) is 3. The Labute approximate surface area is 164 Å². The second-order valence-electron chi connectivity index (χ2n) is 8.94. The summed E-state index contributed by atoms with van der Waals surface area (Å²) in [4.78, 5) is 15.9. The van der Waals surface area contributed by atoms with Gasteiger partial charge in [0.15, 0.2) is 5.72 Å². The zero-order chi connectivity index (χ0) is 19.4. The summed E-state index contributed by atoms with van der Waals surface area (Å²) < 4.78 is 18.4. The summed E-state index contributed by atoms with van der Waals surface area (Å²) in [6.07, 6.45) is 5.92. The van der Waals surface area contributed by atoms with Gasteiger partial charge in [-0.1, -0.05) is 30.4 Å². The van der Waals surface area contributed by atoms with Crippen LogP contribution in [0.2, 0.25) is 0 Å². The van der Waals surface area contributed by atoms with Gasteiger partial charge in [-0.05, 0) is 31.5 Å². The number of benzene rings is 1. The SMILES string of the molecule is COC(=O)[C@]12C[C@]3(C=CCN4CC[C@@]5(c6ccccc6N[C@@]15OC)[C@@H]43)[C@H](C)O2. The lowest BCUT2D eigenvalue weighted by Crippen LogP contribution is -2.78. The monoisotopic (exact) mass is 382 g/mol. The Kier molecular flexibility index (Phi) is 3.03. The number of hydrogen-bond donors (Lipinski definition) is 1. The van der Waals surface area contributed by atoms with E-state index in [2.05, 4.69) is 47.5 Å². The molecular weight excluding hydrogens is 356 g/mol. The van der Waals surface area contributed by atoms with Crippen LogP contribution < -0.4 is 5.32 Å². The maximum absolute atomic E-state index is 13.4. The van der Waals surface area contributed by atoms with Gasteiger partial charge in [-0.15, -0.1) is 0 Å². The Bertz CT molecular complexity index is 918. The number of fused-ring (bicyclic) bond motifs is 3. The fraction of sp³-hybridized carbons (Fsp3) is 0.591. The van der Waals surface area contributed by atoms with E-state index in [1.807, 2.05) is 6.07 Å². The molecule has 2 bridgehead atoms. The van der Waals surface area contributed by atoms with Gasteiger partial charge in [0.05, 0.1) is 18.6 Å². The van der Waals surface area contributed by atoms with Crippen LogP contribution in [0, 0.1) is 5.41 Å². The van der Waals surface area contributed by atoms with Gasteiger partial charge >= 0.3 is 5.97 Å². The van der Waals surface area contributed by atoms with Gasteiger partial charge in [-0.25, -0.2) is 4.79 Å². The summed E-state index contributed by atoms with van der Waals surface area (Å²) in [5.41, 5.74) is -0.582. The van der Waals surface area contributed by atoms with Crippen LogP contribution >= 0.6 is 0 Å². The molecule has 0 aromatic heterocycles. The lowest BCUT2D eigenvalue weighted by molar-refractivity contribution is -0.225. The number of methoxy groups -OCH3 is 2. The normalized spacial score (nSPS) is 47.2. The molecule has 1 N–H and O–H groups in total. The van der Waals surface area contributed by atoms with Crippen molar-refractivity contribution in [2.75, 3.05) is 32.6 Å². The first-order valence-electron chi connectivity index (χ1n) is 10.1. The largest absolute Gasteiger partial charge is 0.467 e. The number of hydrogen-bond acceptors (Lipinski definition) is 6. The van der Waals surface area contributed by atoms with Gasteiger partial charge in [-0.2, -0.15) is 0 Å². The van der Waals surface area contributed by atoms with Gasteiger partial charge in [0.2, 0.25) is 5.60 Å². The summed E-state index contributed by atoms with van der Waals surface area (Å²) in [6.45, 7) is 4.00. The maximum Gasteiger partial charge on any atom is 0.343 e. The first-order valence-corrected chi connectivity index (χ1v) is 10.1. The zero-order valence-corrected chi connectivity index (χ0v) is 16.5. The van der Waals surface area contributed by atoms with E-state index < -0.39 is 11.3 Å². The second kappa shape index (κ2) is 4.99. The van der Waals surface area contributed by atoms with Crippen molar-refractivity contribution in [2.24, 2.45) is 5.41 Å². The van der Waals surface area contributed by atoms with Crippen LogP contribution in [-0.4, -0.2) is 61.7 Å². The number of carbonyl (C=O) groups is 1. The van der Waals surface area contributed by atoms with E-state index >= 15 is 0 Å². The van der Waals surface area contributed by atoms with Crippen LogP contribution in [0.4, 0.5) is 5.69 Å². The van der Waals surface area contributed by atoms with Gasteiger partial charge in [-0.3, -0.25) is 4.90 Å². The Hall–Kier alpha value is -1.89. The Balaban J connectivity index is 1.74. The van der Waals surface area contributed by atoms with Gasteiger partial charge in [0, 0.05) is 37.2 Å². The molecule has 2 saturated heterocycles. The highest BCUT2D eigenvalue weighted by Gasteiger charge is 2.87. The van der Waals surface area contributed by atoms with Crippen molar-refractivity contribution in [1.82, 2.24) is 4.90 Å². The first-order chi connectivity index (χ1) is 13.5. The van der Waals surface area contributed by atoms with Gasteiger partial charge < -0.3 is 19.5 Å². The van der Waals surface area contributed by atoms with E-state index in [1.54, 1.807) is 7.11 Å². The molecule has 6 heteroatoms. The van der Waals surface area contributed by atoms with Crippen LogP contribution in [0.15, 0.2) is 36.4 Å². The molecule has 1 saturated carbocycles. The molecule has 5 aliphatic rings. The van der Waals surface area contributed by atoms with Crippen molar-refractivity contribution >= 4 is 11.7 Å². The predicted molar refractivity (Wildman–Crippen MR) is 103 cm³/mol. The van der Waals surface area contributed by atoms with Crippen LogP contribution in [0.25, 0.3) is 0 Å². The third-order valence-electron chi connectivity index (χ3n) is 8.33. The standard InChI is InChI=1S/C22H26N2O4/c1-14-19-9-6-11-24-12-10-20(17(19)24)15-7-4-5-8-16(15)23-22(20,27-3)21(13-19,28-14)18(25)26-2/h4-9,14,17,23H,10-13H2,1-3H3/t14-,17-,19+,20+,21+,22-/m0/s1. The topological polar surface area (TPSA) is 60.0 Å². The molecule has 1 aromatic rings. The number of anilines is 1. The summed E-state index contributed by atoms with van der Waals surface area (Å²) in [6, 6.07) is 8.59. The van der Waals surface area contributed by atoms with E-state index in [0.717, 1.165) is 25.2 Å². The quantitative estimate of drug-likeness (QED) is 0.624. The summed E-state index contributed by atoms with van der Waals surface area (Å²) >= 11 is 0. The van der Waals surface area contributed by atoms with Crippen LogP contribution in [-0.2, 0) is 24.4 Å². The first kappa shape index (κ1) is 17.0. The van der Waals surface area contributed by atoms with Gasteiger partial charge in [0.25, 0.3) is 0 Å². The van der Waals surface area contributed by atoms with Crippen LogP contribution in [0.5, 0.6) is 0 Å². The Morgan fingerprint density at radius 1 is 1.32 bits per heavy atom. The Morgan fingerprint density at radius 2 is 2.14 bits per heavy atom. The maximum atomic E-state index is 13.4. The van der Waals surface area contributed by atoms with E-state index in [9.17, 15) is 4.79 Å². The number of para-hydroxylation sites is 1. The number of esters is 1. The molecule has 0 amide bonds. The highest BCUT2D eigenvalue weighted by Crippen LogP contribution is 2.73. The average molecular weight is 382 g/mol. The fourth-order valence-electron chi connectivity index (χ4n) is 7.55. The molecule has 4 heterocycles. The van der Waals surface area contributed by atoms with E-state index in [0.29, 0.717) is 6.42 Å².